The number of hydrogen-bond acceptors (Lipinski definition) is 8. The van der Waals surface area contributed by atoms with Crippen molar-refractivity contribution in [3.05, 3.63) is 17.7 Å². The van der Waals surface area contributed by atoms with Gasteiger partial charge in [0.15, 0.2) is 0 Å². The van der Waals surface area contributed by atoms with Crippen LogP contribution in [0.25, 0.3) is 0 Å². The number of urea groups is 1. The summed E-state index contributed by atoms with van der Waals surface area (Å²) in [4.78, 5) is 11.6. The Bertz CT molecular complexity index is 731. The Balaban J connectivity index is 2.53. The molecular formula is C10H11N4O6S-. The number of primary amides is 1. The van der Waals surface area contributed by atoms with Gasteiger partial charge in [-0.2, -0.15) is 0 Å². The molecule has 10 nitrogen and oxygen atoms in total. The standard InChI is InChI=1S/C10H12N4O6S/c1-14-6-3-7(15)5(12-13-10(11)17)2-4(6)8(16)9(14)21(18,19)20/h2-3,8-9,15-16H,1H3,(H2,11,17)(H,18,19,20)/p-1. The summed E-state index contributed by atoms with van der Waals surface area (Å²) in [7, 11) is -3.51. The van der Waals surface area contributed by atoms with Crippen LogP contribution >= 0.6 is 0 Å². The molecule has 0 saturated carbocycles. The SMILES string of the molecule is CN1c2cc(O)c(N=NC(N)=O)cc2C(O)C1S(=O)(=O)[O-]. The van der Waals surface area contributed by atoms with E-state index >= 15 is 0 Å². The van der Waals surface area contributed by atoms with Crippen molar-refractivity contribution in [1.29, 1.82) is 0 Å². The normalized spacial score (nSPS) is 21.8. The Morgan fingerprint density at radius 2 is 2.10 bits per heavy atom. The molecule has 0 fully saturated rings. The maximum absolute atomic E-state index is 11.2. The number of azo groups is 1. The van der Waals surface area contributed by atoms with Gasteiger partial charge in [0.05, 0.1) is 0 Å². The van der Waals surface area contributed by atoms with Gasteiger partial charge in [0.1, 0.15) is 33.0 Å². The quantitative estimate of drug-likeness (QED) is 0.505. The lowest BCUT2D eigenvalue weighted by Crippen LogP contribution is -2.37. The zero-order valence-electron chi connectivity index (χ0n) is 10.7. The first-order valence-corrected chi connectivity index (χ1v) is 7.03. The second kappa shape index (κ2) is 4.95. The van der Waals surface area contributed by atoms with Gasteiger partial charge in [-0.1, -0.05) is 5.11 Å². The van der Waals surface area contributed by atoms with Gasteiger partial charge in [-0.3, -0.25) is 0 Å². The molecule has 1 aliphatic heterocycles. The number of amides is 2. The monoisotopic (exact) mass is 315 g/mol. The second-order valence-electron chi connectivity index (χ2n) is 4.38. The molecule has 2 rings (SSSR count). The number of benzene rings is 1. The first-order valence-electron chi connectivity index (χ1n) is 5.56. The molecule has 1 aromatic carbocycles. The molecule has 2 amide bonds. The smallest absolute Gasteiger partial charge is 0.356 e. The summed E-state index contributed by atoms with van der Waals surface area (Å²) >= 11 is 0. The van der Waals surface area contributed by atoms with E-state index in [-0.39, 0.29) is 16.9 Å². The molecular weight excluding hydrogens is 304 g/mol. The van der Waals surface area contributed by atoms with Gasteiger partial charge >= 0.3 is 6.03 Å². The van der Waals surface area contributed by atoms with Crippen LogP contribution in [0.2, 0.25) is 0 Å². The first-order chi connectivity index (χ1) is 9.62. The minimum Gasteiger partial charge on any atom is -0.746 e. The number of nitrogens with two attached hydrogens (primary N) is 1. The molecule has 1 aromatic rings. The van der Waals surface area contributed by atoms with Crippen LogP contribution in [0, 0.1) is 0 Å². The Morgan fingerprint density at radius 3 is 2.62 bits per heavy atom. The number of phenols is 1. The number of aliphatic hydroxyl groups excluding tert-OH is 1. The highest BCUT2D eigenvalue weighted by Gasteiger charge is 2.40. The van der Waals surface area contributed by atoms with Crippen LogP contribution in [0.3, 0.4) is 0 Å². The number of hydrogen-bond donors (Lipinski definition) is 3. The number of carbonyl (C=O) groups excluding carboxylic acids is 1. The molecule has 0 saturated heterocycles. The number of aromatic hydroxyl groups is 1. The van der Waals surface area contributed by atoms with Gasteiger partial charge in [0.25, 0.3) is 0 Å². The minimum atomic E-state index is -4.80. The van der Waals surface area contributed by atoms with Crippen molar-refractivity contribution in [2.75, 3.05) is 11.9 Å². The van der Waals surface area contributed by atoms with E-state index in [1.807, 2.05) is 0 Å². The van der Waals surface area contributed by atoms with Gasteiger partial charge < -0.3 is 25.4 Å². The van der Waals surface area contributed by atoms with Crippen LogP contribution in [0.5, 0.6) is 5.75 Å². The second-order valence-corrected chi connectivity index (χ2v) is 5.85. The highest BCUT2D eigenvalue weighted by Crippen LogP contribution is 2.45. The number of fused-ring (bicyclic) bond motifs is 1. The van der Waals surface area contributed by atoms with Crippen molar-refractivity contribution >= 4 is 27.5 Å². The van der Waals surface area contributed by atoms with Crippen molar-refractivity contribution in [1.82, 2.24) is 0 Å². The van der Waals surface area contributed by atoms with E-state index in [0.717, 1.165) is 17.0 Å². The topological polar surface area (TPSA) is 169 Å². The molecule has 114 valence electrons. The van der Waals surface area contributed by atoms with Crippen LogP contribution in [0.1, 0.15) is 11.7 Å². The van der Waals surface area contributed by atoms with E-state index in [4.69, 9.17) is 5.73 Å². The van der Waals surface area contributed by atoms with Gasteiger partial charge in [0, 0.05) is 24.4 Å². The fourth-order valence-corrected chi connectivity index (χ4v) is 3.12. The third-order valence-electron chi connectivity index (χ3n) is 3.03. The molecule has 2 atom stereocenters. The maximum Gasteiger partial charge on any atom is 0.356 e. The predicted molar refractivity (Wildman–Crippen MR) is 69.1 cm³/mol. The van der Waals surface area contributed by atoms with Gasteiger partial charge in [-0.25, -0.2) is 13.2 Å². The molecule has 0 aromatic heterocycles. The van der Waals surface area contributed by atoms with Crippen molar-refractivity contribution in [2.24, 2.45) is 16.0 Å². The maximum atomic E-state index is 11.2. The Kier molecular flexibility index (Phi) is 3.57. The molecule has 21 heavy (non-hydrogen) atoms. The van der Waals surface area contributed by atoms with E-state index in [1.165, 1.54) is 7.05 Å². The van der Waals surface area contributed by atoms with Gasteiger partial charge in [-0.15, -0.1) is 5.11 Å². The third kappa shape index (κ3) is 2.66. The van der Waals surface area contributed by atoms with Gasteiger partial charge in [-0.05, 0) is 6.07 Å². The van der Waals surface area contributed by atoms with Crippen molar-refractivity contribution in [3.8, 4) is 5.75 Å². The summed E-state index contributed by atoms with van der Waals surface area (Å²) in [6.45, 7) is 0. The lowest BCUT2D eigenvalue weighted by Gasteiger charge is -2.26. The van der Waals surface area contributed by atoms with Gasteiger partial charge in [0.2, 0.25) is 0 Å². The highest BCUT2D eigenvalue weighted by atomic mass is 32.2. The van der Waals surface area contributed by atoms with Crippen LogP contribution in [-0.2, 0) is 10.1 Å². The number of carbonyl (C=O) groups is 1. The molecule has 11 heteroatoms. The summed E-state index contributed by atoms with van der Waals surface area (Å²) in [5, 5.41) is 24.4. The number of anilines is 1. The summed E-state index contributed by atoms with van der Waals surface area (Å²) in [5.41, 5.74) is 4.80. The fraction of sp³-hybridized carbons (Fsp3) is 0.300. The lowest BCUT2D eigenvalue weighted by molar-refractivity contribution is 0.177. The van der Waals surface area contributed by atoms with E-state index < -0.39 is 33.4 Å². The van der Waals surface area contributed by atoms with Crippen molar-refractivity contribution in [2.45, 2.75) is 11.5 Å². The molecule has 0 bridgehead atoms. The summed E-state index contributed by atoms with van der Waals surface area (Å²) in [6, 6.07) is 1.15. The molecule has 4 N–H and O–H groups in total. The first kappa shape index (κ1) is 15.2. The van der Waals surface area contributed by atoms with E-state index in [9.17, 15) is 28.0 Å². The average molecular weight is 315 g/mol. The largest absolute Gasteiger partial charge is 0.746 e. The van der Waals surface area contributed by atoms with E-state index in [1.54, 1.807) is 0 Å². The fourth-order valence-electron chi connectivity index (χ4n) is 2.16. The summed E-state index contributed by atoms with van der Waals surface area (Å²) in [5.74, 6) is -0.415. The third-order valence-corrected chi connectivity index (χ3v) is 4.19. The number of phenolic OH excluding ortho intramolecular Hbond substituents is 1. The summed E-state index contributed by atoms with van der Waals surface area (Å²) < 4.78 is 33.6. The molecule has 0 radical (unpaired) electrons. The van der Waals surface area contributed by atoms with Crippen LogP contribution < -0.4 is 10.6 Å². The number of nitrogens with zero attached hydrogens (tertiary/aromatic N) is 3. The Labute approximate surface area is 119 Å². The van der Waals surface area contributed by atoms with Crippen molar-refractivity contribution < 1.29 is 28.0 Å². The highest BCUT2D eigenvalue weighted by molar-refractivity contribution is 7.86. The number of likely N-dealkylation sites (N-methyl/N-ethyl adjacent to an activating group) is 1. The predicted octanol–water partition coefficient (Wildman–Crippen LogP) is -0.0909. The number of aliphatic hydroxyl groups is 1. The summed E-state index contributed by atoms with van der Waals surface area (Å²) in [6.07, 6.45) is -1.62. The average Bonchev–Trinajstić information content (AvgIpc) is 2.58. The molecule has 1 aliphatic rings. The molecule has 0 aliphatic carbocycles. The van der Waals surface area contributed by atoms with Crippen molar-refractivity contribution in [3.63, 3.8) is 0 Å². The number of rotatable bonds is 2. The van der Waals surface area contributed by atoms with E-state index in [2.05, 4.69) is 10.2 Å². The lowest BCUT2D eigenvalue weighted by atomic mass is 10.1. The minimum absolute atomic E-state index is 0.0677. The Hall–Kier alpha value is -2.24. The molecule has 1 heterocycles. The molecule has 0 spiro atoms. The van der Waals surface area contributed by atoms with E-state index in [0.29, 0.717) is 0 Å². The zero-order valence-corrected chi connectivity index (χ0v) is 11.5. The van der Waals surface area contributed by atoms with Crippen LogP contribution in [-0.4, -0.2) is 41.6 Å². The Morgan fingerprint density at radius 1 is 1.48 bits per heavy atom. The zero-order chi connectivity index (χ0) is 15.9. The van der Waals surface area contributed by atoms with Crippen LogP contribution in [0.4, 0.5) is 16.2 Å². The van der Waals surface area contributed by atoms with Crippen LogP contribution in [0.15, 0.2) is 22.4 Å². The molecule has 2 unspecified atom stereocenters.